The van der Waals surface area contributed by atoms with E-state index < -0.39 is 0 Å². The van der Waals surface area contributed by atoms with Crippen molar-refractivity contribution in [2.45, 2.75) is 33.1 Å². The largest absolute Gasteiger partial charge is 0.278 e. The summed E-state index contributed by atoms with van der Waals surface area (Å²) < 4.78 is 0. The van der Waals surface area contributed by atoms with Gasteiger partial charge in [-0.05, 0) is 29.5 Å². The van der Waals surface area contributed by atoms with E-state index in [2.05, 4.69) is 50.0 Å². The van der Waals surface area contributed by atoms with E-state index in [-0.39, 0.29) is 5.41 Å². The number of fused-ring (bicyclic) bond motifs is 1. The molecule has 0 saturated carbocycles. The quantitative estimate of drug-likeness (QED) is 0.676. The van der Waals surface area contributed by atoms with Crippen LogP contribution in [0.25, 0.3) is 10.9 Å². The molecule has 2 aromatic rings. The zero-order valence-corrected chi connectivity index (χ0v) is 9.18. The zero-order valence-electron chi connectivity index (χ0n) is 9.18. The van der Waals surface area contributed by atoms with Crippen LogP contribution >= 0.6 is 0 Å². The van der Waals surface area contributed by atoms with Gasteiger partial charge in [0.05, 0.1) is 11.7 Å². The van der Waals surface area contributed by atoms with Crippen LogP contribution in [0.2, 0.25) is 0 Å². The van der Waals surface area contributed by atoms with Gasteiger partial charge in [-0.2, -0.15) is 5.10 Å². The lowest BCUT2D eigenvalue weighted by Gasteiger charge is -2.20. The Morgan fingerprint density at radius 3 is 2.57 bits per heavy atom. The molecule has 0 aliphatic carbocycles. The molecule has 0 radical (unpaired) electrons. The number of hydrogen-bond acceptors (Lipinski definition) is 1. The molecule has 14 heavy (non-hydrogen) atoms. The van der Waals surface area contributed by atoms with Crippen LogP contribution in [0, 0.1) is 6.92 Å². The number of aromatic nitrogens is 2. The van der Waals surface area contributed by atoms with Crippen molar-refractivity contribution in [3.8, 4) is 0 Å². The average Bonchev–Trinajstić information content (AvgIpc) is 2.47. The Labute approximate surface area is 84.3 Å². The lowest BCUT2D eigenvalue weighted by Crippen LogP contribution is -2.11. The molecule has 0 spiro atoms. The monoisotopic (exact) mass is 188 g/mol. The van der Waals surface area contributed by atoms with Gasteiger partial charge in [-0.3, -0.25) is 5.10 Å². The molecule has 0 unspecified atom stereocenters. The Kier molecular flexibility index (Phi) is 1.88. The second-order valence-corrected chi connectivity index (χ2v) is 4.89. The lowest BCUT2D eigenvalue weighted by molar-refractivity contribution is 0.595. The van der Waals surface area contributed by atoms with Crippen molar-refractivity contribution in [3.63, 3.8) is 0 Å². The van der Waals surface area contributed by atoms with Gasteiger partial charge in [0.15, 0.2) is 0 Å². The standard InChI is InChI=1S/C12H16N2/c1-8-5-10(12(2,3)4)9-7-13-14-11(9)6-8/h5-7H,1-4H3,(H,13,14). The molecule has 1 aromatic carbocycles. The number of nitrogens with one attached hydrogen (secondary N) is 1. The van der Waals surface area contributed by atoms with E-state index in [1.54, 1.807) is 0 Å². The van der Waals surface area contributed by atoms with Crippen LogP contribution in [-0.2, 0) is 5.41 Å². The minimum absolute atomic E-state index is 0.175. The first kappa shape index (κ1) is 9.25. The number of H-pyrrole nitrogens is 1. The van der Waals surface area contributed by atoms with Crippen molar-refractivity contribution in [2.24, 2.45) is 0 Å². The highest BCUT2D eigenvalue weighted by atomic mass is 15.1. The van der Waals surface area contributed by atoms with Crippen molar-refractivity contribution in [1.82, 2.24) is 10.2 Å². The fourth-order valence-electron chi connectivity index (χ4n) is 1.82. The van der Waals surface area contributed by atoms with Crippen molar-refractivity contribution in [3.05, 3.63) is 29.5 Å². The Morgan fingerprint density at radius 1 is 1.21 bits per heavy atom. The fraction of sp³-hybridized carbons (Fsp3) is 0.417. The highest BCUT2D eigenvalue weighted by Crippen LogP contribution is 2.29. The van der Waals surface area contributed by atoms with E-state index >= 15 is 0 Å². The maximum atomic E-state index is 4.09. The molecule has 0 amide bonds. The molecule has 2 heteroatoms. The average molecular weight is 188 g/mol. The van der Waals surface area contributed by atoms with Crippen LogP contribution in [0.3, 0.4) is 0 Å². The van der Waals surface area contributed by atoms with Gasteiger partial charge in [0.2, 0.25) is 0 Å². The molecule has 1 heterocycles. The highest BCUT2D eigenvalue weighted by molar-refractivity contribution is 5.83. The Morgan fingerprint density at radius 2 is 1.93 bits per heavy atom. The molecule has 1 aromatic heterocycles. The number of benzene rings is 1. The maximum Gasteiger partial charge on any atom is 0.0655 e. The smallest absolute Gasteiger partial charge is 0.0655 e. The van der Waals surface area contributed by atoms with E-state index in [1.807, 2.05) is 6.20 Å². The van der Waals surface area contributed by atoms with Gasteiger partial charge in [0.1, 0.15) is 0 Å². The summed E-state index contributed by atoms with van der Waals surface area (Å²) in [5, 5.41) is 8.35. The minimum Gasteiger partial charge on any atom is -0.278 e. The van der Waals surface area contributed by atoms with Gasteiger partial charge in [0.25, 0.3) is 0 Å². The van der Waals surface area contributed by atoms with Crippen molar-refractivity contribution in [2.75, 3.05) is 0 Å². The Balaban J connectivity index is 2.80. The number of hydrogen-bond donors (Lipinski definition) is 1. The molecule has 2 nitrogen and oxygen atoms in total. The summed E-state index contributed by atoms with van der Waals surface area (Å²) in [6, 6.07) is 4.38. The summed E-state index contributed by atoms with van der Waals surface area (Å²) in [6.07, 6.45) is 1.91. The van der Waals surface area contributed by atoms with E-state index in [0.29, 0.717) is 0 Å². The van der Waals surface area contributed by atoms with Crippen molar-refractivity contribution < 1.29 is 0 Å². The number of aromatic amines is 1. The Hall–Kier alpha value is -1.31. The first-order valence-electron chi connectivity index (χ1n) is 4.93. The van der Waals surface area contributed by atoms with Crippen LogP contribution in [0.15, 0.2) is 18.3 Å². The van der Waals surface area contributed by atoms with Gasteiger partial charge in [-0.1, -0.05) is 26.8 Å². The van der Waals surface area contributed by atoms with Crippen molar-refractivity contribution >= 4 is 10.9 Å². The number of rotatable bonds is 0. The van der Waals surface area contributed by atoms with Crippen LogP contribution in [-0.4, -0.2) is 10.2 Å². The summed E-state index contributed by atoms with van der Waals surface area (Å²) in [4.78, 5) is 0. The second kappa shape index (κ2) is 2.84. The van der Waals surface area contributed by atoms with Gasteiger partial charge < -0.3 is 0 Å². The van der Waals surface area contributed by atoms with E-state index in [9.17, 15) is 0 Å². The molecule has 2 rings (SSSR count). The molecule has 74 valence electrons. The summed E-state index contributed by atoms with van der Waals surface area (Å²) in [6.45, 7) is 8.81. The highest BCUT2D eigenvalue weighted by Gasteiger charge is 2.17. The van der Waals surface area contributed by atoms with Gasteiger partial charge in [0, 0.05) is 5.39 Å². The molecule has 1 N–H and O–H groups in total. The van der Waals surface area contributed by atoms with Crippen LogP contribution < -0.4 is 0 Å². The maximum absolute atomic E-state index is 4.09. The molecule has 0 aliphatic heterocycles. The normalized spacial score (nSPS) is 12.3. The Bertz CT molecular complexity index is 461. The van der Waals surface area contributed by atoms with E-state index in [0.717, 1.165) is 5.52 Å². The number of nitrogens with zero attached hydrogens (tertiary/aromatic N) is 1. The molecular weight excluding hydrogens is 172 g/mol. The zero-order chi connectivity index (χ0) is 10.3. The third kappa shape index (κ3) is 1.41. The van der Waals surface area contributed by atoms with Crippen molar-refractivity contribution in [1.29, 1.82) is 0 Å². The topological polar surface area (TPSA) is 28.7 Å². The summed E-state index contributed by atoms with van der Waals surface area (Å²) in [5.74, 6) is 0. The van der Waals surface area contributed by atoms with Gasteiger partial charge >= 0.3 is 0 Å². The first-order chi connectivity index (χ1) is 6.48. The van der Waals surface area contributed by atoms with E-state index in [4.69, 9.17) is 0 Å². The molecule has 0 atom stereocenters. The predicted molar refractivity (Wildman–Crippen MR) is 59.5 cm³/mol. The molecule has 0 aliphatic rings. The summed E-state index contributed by atoms with van der Waals surface area (Å²) in [7, 11) is 0. The molecule has 0 saturated heterocycles. The first-order valence-corrected chi connectivity index (χ1v) is 4.93. The van der Waals surface area contributed by atoms with Crippen LogP contribution in [0.5, 0.6) is 0 Å². The minimum atomic E-state index is 0.175. The molecular formula is C12H16N2. The third-order valence-corrected chi connectivity index (χ3v) is 2.51. The number of aryl methyl sites for hydroxylation is 1. The summed E-state index contributed by atoms with van der Waals surface area (Å²) >= 11 is 0. The van der Waals surface area contributed by atoms with Gasteiger partial charge in [-0.15, -0.1) is 0 Å². The molecule has 0 bridgehead atoms. The summed E-state index contributed by atoms with van der Waals surface area (Å²) in [5.41, 5.74) is 3.96. The third-order valence-electron chi connectivity index (χ3n) is 2.51. The van der Waals surface area contributed by atoms with Crippen LogP contribution in [0.4, 0.5) is 0 Å². The fourth-order valence-corrected chi connectivity index (χ4v) is 1.82. The van der Waals surface area contributed by atoms with Gasteiger partial charge in [-0.25, -0.2) is 0 Å². The van der Waals surface area contributed by atoms with E-state index in [1.165, 1.54) is 16.5 Å². The second-order valence-electron chi connectivity index (χ2n) is 4.89. The predicted octanol–water partition coefficient (Wildman–Crippen LogP) is 3.17. The lowest BCUT2D eigenvalue weighted by atomic mass is 9.84. The molecule has 0 fully saturated rings. The van der Waals surface area contributed by atoms with Crippen LogP contribution in [0.1, 0.15) is 31.9 Å². The SMILES string of the molecule is Cc1cc(C(C)(C)C)c2cn[nH]c2c1.